The van der Waals surface area contributed by atoms with E-state index < -0.39 is 0 Å². The minimum Gasteiger partial charge on any atom is -0.493 e. The van der Waals surface area contributed by atoms with E-state index in [1.54, 1.807) is 0 Å². The number of halogens is 1. The van der Waals surface area contributed by atoms with Crippen molar-refractivity contribution < 1.29 is 19.0 Å². The lowest BCUT2D eigenvalue weighted by Gasteiger charge is -2.10. The van der Waals surface area contributed by atoms with E-state index in [1.807, 2.05) is 12.1 Å². The molecule has 5 nitrogen and oxygen atoms in total. The number of fused-ring (bicyclic) bond motifs is 1. The van der Waals surface area contributed by atoms with Crippen molar-refractivity contribution in [3.8, 4) is 11.5 Å². The third kappa shape index (κ3) is 2.96. The molecular weight excluding hydrogens is 340 g/mol. The van der Waals surface area contributed by atoms with Gasteiger partial charge in [0.15, 0.2) is 0 Å². The highest BCUT2D eigenvalue weighted by atomic mass is 79.9. The highest BCUT2D eigenvalue weighted by molar-refractivity contribution is 9.10. The lowest BCUT2D eigenvalue weighted by molar-refractivity contribution is 0.235. The van der Waals surface area contributed by atoms with Gasteiger partial charge in [-0.1, -0.05) is 15.9 Å². The Morgan fingerprint density at radius 1 is 1.33 bits per heavy atom. The van der Waals surface area contributed by atoms with Gasteiger partial charge < -0.3 is 19.0 Å². The van der Waals surface area contributed by atoms with Gasteiger partial charge in [0, 0.05) is 22.5 Å². The van der Waals surface area contributed by atoms with E-state index in [4.69, 9.17) is 19.0 Å². The van der Waals surface area contributed by atoms with Gasteiger partial charge in [-0.25, -0.2) is 0 Å². The first-order valence-corrected chi connectivity index (χ1v) is 7.26. The second-order valence-corrected chi connectivity index (χ2v) is 5.59. The van der Waals surface area contributed by atoms with Crippen LogP contribution in [0.25, 0.3) is 0 Å². The van der Waals surface area contributed by atoms with Gasteiger partial charge in [-0.2, -0.15) is 0 Å². The van der Waals surface area contributed by atoms with Gasteiger partial charge in [0.1, 0.15) is 31.0 Å². The Hall–Kier alpha value is -1.79. The molecule has 2 heterocycles. The number of rotatable bonds is 4. The summed E-state index contributed by atoms with van der Waals surface area (Å²) in [5.74, 6) is 1.15. The molecule has 0 atom stereocenters. The molecule has 3 rings (SSSR count). The molecule has 6 heteroatoms. The minimum atomic E-state index is -0.321. The van der Waals surface area contributed by atoms with E-state index in [0.717, 1.165) is 27.8 Å². The molecule has 21 heavy (non-hydrogen) atoms. The predicted molar refractivity (Wildman–Crippen MR) is 78.6 cm³/mol. The average molecular weight is 353 g/mol. The standard InChI is InChI=1S/C15H13BrO5/c16-11-3-9-1-2-19-15(9)10(4-11)7-21-14-8-20-12(6-17)5-13(14)18/h3-5,8,17H,1-2,6-7H2. The van der Waals surface area contributed by atoms with Crippen LogP contribution in [0.4, 0.5) is 0 Å². The van der Waals surface area contributed by atoms with Crippen LogP contribution in [0, 0.1) is 0 Å². The van der Waals surface area contributed by atoms with Gasteiger partial charge in [0.2, 0.25) is 11.2 Å². The predicted octanol–water partition coefficient (Wildman–Crippen LogP) is 2.41. The van der Waals surface area contributed by atoms with Gasteiger partial charge in [-0.15, -0.1) is 0 Å². The normalized spacial score (nSPS) is 12.9. The van der Waals surface area contributed by atoms with Crippen molar-refractivity contribution in [2.24, 2.45) is 0 Å². The van der Waals surface area contributed by atoms with E-state index in [1.165, 1.54) is 12.3 Å². The topological polar surface area (TPSA) is 68.9 Å². The van der Waals surface area contributed by atoms with E-state index >= 15 is 0 Å². The SMILES string of the molecule is O=c1cc(CO)occ1OCc1cc(Br)cc2c1OCC2. The maximum atomic E-state index is 11.8. The molecule has 0 saturated heterocycles. The maximum Gasteiger partial charge on any atom is 0.227 e. The van der Waals surface area contributed by atoms with Crippen molar-refractivity contribution in [3.63, 3.8) is 0 Å². The monoisotopic (exact) mass is 352 g/mol. The molecule has 0 unspecified atom stereocenters. The van der Waals surface area contributed by atoms with E-state index in [2.05, 4.69) is 15.9 Å². The number of benzene rings is 1. The first-order valence-electron chi connectivity index (χ1n) is 6.47. The van der Waals surface area contributed by atoms with Crippen LogP contribution in [-0.2, 0) is 19.6 Å². The van der Waals surface area contributed by atoms with E-state index in [-0.39, 0.29) is 30.2 Å². The summed E-state index contributed by atoms with van der Waals surface area (Å²) in [4.78, 5) is 11.8. The maximum absolute atomic E-state index is 11.8. The van der Waals surface area contributed by atoms with Gasteiger partial charge in [-0.05, 0) is 17.7 Å². The van der Waals surface area contributed by atoms with Crippen molar-refractivity contribution in [1.82, 2.24) is 0 Å². The highest BCUT2D eigenvalue weighted by Crippen LogP contribution is 2.33. The van der Waals surface area contributed by atoms with Crippen LogP contribution in [0.15, 0.2) is 38.1 Å². The van der Waals surface area contributed by atoms with Gasteiger partial charge in [-0.3, -0.25) is 4.79 Å². The molecule has 1 aliphatic rings. The molecule has 0 spiro atoms. The summed E-state index contributed by atoms with van der Waals surface area (Å²) in [6.45, 7) is 0.555. The molecule has 0 radical (unpaired) electrons. The number of aliphatic hydroxyl groups excluding tert-OH is 1. The van der Waals surface area contributed by atoms with Gasteiger partial charge >= 0.3 is 0 Å². The molecule has 0 bridgehead atoms. The summed E-state index contributed by atoms with van der Waals surface area (Å²) in [5, 5.41) is 8.90. The summed E-state index contributed by atoms with van der Waals surface area (Å²) in [6.07, 6.45) is 2.09. The summed E-state index contributed by atoms with van der Waals surface area (Å²) in [6, 6.07) is 5.15. The molecule has 2 aromatic rings. The molecule has 1 aliphatic heterocycles. The third-order valence-corrected chi connectivity index (χ3v) is 3.67. The van der Waals surface area contributed by atoms with Gasteiger partial charge in [0.05, 0.1) is 6.61 Å². The first-order chi connectivity index (χ1) is 10.2. The zero-order chi connectivity index (χ0) is 14.8. The second-order valence-electron chi connectivity index (χ2n) is 4.67. The largest absolute Gasteiger partial charge is 0.493 e. The molecular formula is C15H13BrO5. The Bertz CT molecular complexity index is 722. The molecule has 1 N–H and O–H groups in total. The quantitative estimate of drug-likeness (QED) is 0.914. The summed E-state index contributed by atoms with van der Waals surface area (Å²) in [5.41, 5.74) is 1.69. The Balaban J connectivity index is 1.81. The van der Waals surface area contributed by atoms with Crippen molar-refractivity contribution in [3.05, 3.63) is 56.0 Å². The summed E-state index contributed by atoms with van der Waals surface area (Å²) < 4.78 is 17.1. The number of hydrogen-bond donors (Lipinski definition) is 1. The van der Waals surface area contributed by atoms with Crippen LogP contribution < -0.4 is 14.9 Å². The second kappa shape index (κ2) is 5.91. The zero-order valence-corrected chi connectivity index (χ0v) is 12.7. The summed E-state index contributed by atoms with van der Waals surface area (Å²) in [7, 11) is 0. The van der Waals surface area contributed by atoms with Gasteiger partial charge in [0.25, 0.3) is 0 Å². The third-order valence-electron chi connectivity index (χ3n) is 3.22. The van der Waals surface area contributed by atoms with Crippen LogP contribution in [0.3, 0.4) is 0 Å². The molecule has 1 aromatic heterocycles. The molecule has 110 valence electrons. The lowest BCUT2D eigenvalue weighted by atomic mass is 10.1. The minimum absolute atomic E-state index is 0.110. The molecule has 0 fully saturated rings. The Labute approximate surface area is 129 Å². The van der Waals surface area contributed by atoms with Crippen molar-refractivity contribution in [2.75, 3.05) is 6.61 Å². The van der Waals surface area contributed by atoms with E-state index in [9.17, 15) is 4.79 Å². The Morgan fingerprint density at radius 2 is 2.19 bits per heavy atom. The molecule has 0 saturated carbocycles. The first kappa shape index (κ1) is 14.2. The lowest BCUT2D eigenvalue weighted by Crippen LogP contribution is -2.08. The molecule has 0 amide bonds. The van der Waals surface area contributed by atoms with Crippen molar-refractivity contribution in [1.29, 1.82) is 0 Å². The Morgan fingerprint density at radius 3 is 2.95 bits per heavy atom. The zero-order valence-electron chi connectivity index (χ0n) is 11.1. The van der Waals surface area contributed by atoms with Crippen LogP contribution in [0.5, 0.6) is 11.5 Å². The summed E-state index contributed by atoms with van der Waals surface area (Å²) >= 11 is 3.46. The van der Waals surface area contributed by atoms with Crippen molar-refractivity contribution >= 4 is 15.9 Å². The highest BCUT2D eigenvalue weighted by Gasteiger charge is 2.18. The molecule has 1 aromatic carbocycles. The fourth-order valence-corrected chi connectivity index (χ4v) is 2.79. The van der Waals surface area contributed by atoms with E-state index in [0.29, 0.717) is 6.61 Å². The fraction of sp³-hybridized carbons (Fsp3) is 0.267. The Kier molecular flexibility index (Phi) is 3.98. The fourth-order valence-electron chi connectivity index (χ4n) is 2.24. The van der Waals surface area contributed by atoms with Crippen LogP contribution >= 0.6 is 15.9 Å². The van der Waals surface area contributed by atoms with Crippen molar-refractivity contribution in [2.45, 2.75) is 19.6 Å². The molecule has 0 aliphatic carbocycles. The van der Waals surface area contributed by atoms with Crippen LogP contribution in [-0.4, -0.2) is 11.7 Å². The number of aliphatic hydroxyl groups is 1. The smallest absolute Gasteiger partial charge is 0.227 e. The number of ether oxygens (including phenoxy) is 2. The average Bonchev–Trinajstić information content (AvgIpc) is 2.93. The van der Waals surface area contributed by atoms with Crippen LogP contribution in [0.2, 0.25) is 0 Å². The van der Waals surface area contributed by atoms with Crippen LogP contribution in [0.1, 0.15) is 16.9 Å². The number of hydrogen-bond acceptors (Lipinski definition) is 5.